The topological polar surface area (TPSA) is 75.5 Å². The summed E-state index contributed by atoms with van der Waals surface area (Å²) in [5.41, 5.74) is 5.34. The van der Waals surface area contributed by atoms with Gasteiger partial charge in [0.2, 0.25) is 0 Å². The van der Waals surface area contributed by atoms with Crippen molar-refractivity contribution < 1.29 is 14.6 Å². The third-order valence-electron chi connectivity index (χ3n) is 4.85. The summed E-state index contributed by atoms with van der Waals surface area (Å²) in [5, 5.41) is 9.53. The van der Waals surface area contributed by atoms with E-state index in [-0.39, 0.29) is 18.6 Å². The first-order valence-corrected chi connectivity index (χ1v) is 9.12. The summed E-state index contributed by atoms with van der Waals surface area (Å²) < 4.78 is 4.64. The largest absolute Gasteiger partial charge is 0.466 e. The van der Waals surface area contributed by atoms with Crippen LogP contribution in [0.25, 0.3) is 6.08 Å². The standard InChI is InChI=1S/C21H25N3O3/c1-15-12-23-18(13-22-15)14-24(9-10-25)20-7-5-17-11-16(3-6-19(17)20)4-8-21(26)27-2/h3-4,6,8,11-13,20,25H,5,7,9-10,14H2,1-2H3/b8-4+. The first-order valence-electron chi connectivity index (χ1n) is 9.12. The quantitative estimate of drug-likeness (QED) is 0.598. The van der Waals surface area contributed by atoms with E-state index in [9.17, 15) is 9.90 Å². The molecule has 1 heterocycles. The Kier molecular flexibility index (Phi) is 6.32. The summed E-state index contributed by atoms with van der Waals surface area (Å²) in [4.78, 5) is 22.3. The maximum absolute atomic E-state index is 11.3. The first-order chi connectivity index (χ1) is 13.1. The number of ether oxygens (including phenoxy) is 1. The average molecular weight is 367 g/mol. The monoisotopic (exact) mass is 367 g/mol. The number of aromatic nitrogens is 2. The molecule has 0 saturated carbocycles. The average Bonchev–Trinajstić information content (AvgIpc) is 3.10. The van der Waals surface area contributed by atoms with Crippen LogP contribution >= 0.6 is 0 Å². The predicted molar refractivity (Wildman–Crippen MR) is 103 cm³/mol. The third-order valence-corrected chi connectivity index (χ3v) is 4.85. The van der Waals surface area contributed by atoms with E-state index in [0.717, 1.165) is 29.8 Å². The molecule has 1 unspecified atom stereocenters. The van der Waals surface area contributed by atoms with Crippen molar-refractivity contribution in [1.29, 1.82) is 0 Å². The molecular weight excluding hydrogens is 342 g/mol. The van der Waals surface area contributed by atoms with E-state index in [1.165, 1.54) is 24.3 Å². The highest BCUT2D eigenvalue weighted by atomic mass is 16.5. The van der Waals surface area contributed by atoms with Gasteiger partial charge in [0.15, 0.2) is 0 Å². The molecule has 0 fully saturated rings. The number of hydrogen-bond donors (Lipinski definition) is 1. The van der Waals surface area contributed by atoms with Crippen LogP contribution in [0.4, 0.5) is 0 Å². The number of benzene rings is 1. The number of nitrogens with zero attached hydrogens (tertiary/aromatic N) is 3. The predicted octanol–water partition coefficient (Wildman–Crippen LogP) is 2.45. The second-order valence-corrected chi connectivity index (χ2v) is 6.71. The van der Waals surface area contributed by atoms with E-state index in [2.05, 4.69) is 31.7 Å². The maximum Gasteiger partial charge on any atom is 0.330 e. The second-order valence-electron chi connectivity index (χ2n) is 6.71. The van der Waals surface area contributed by atoms with E-state index in [1.54, 1.807) is 18.5 Å². The van der Waals surface area contributed by atoms with Gasteiger partial charge in [-0.15, -0.1) is 0 Å². The van der Waals surface area contributed by atoms with Gasteiger partial charge in [0, 0.05) is 37.6 Å². The number of carbonyl (C=O) groups excluding carboxylic acids is 1. The molecule has 2 aromatic rings. The summed E-state index contributed by atoms with van der Waals surface area (Å²) in [7, 11) is 1.37. The molecule has 27 heavy (non-hydrogen) atoms. The Morgan fingerprint density at radius 1 is 1.37 bits per heavy atom. The highest BCUT2D eigenvalue weighted by Gasteiger charge is 2.28. The molecule has 1 aliphatic carbocycles. The van der Waals surface area contributed by atoms with Crippen molar-refractivity contribution in [2.45, 2.75) is 32.4 Å². The van der Waals surface area contributed by atoms with Crippen LogP contribution in [0.3, 0.4) is 0 Å². The second kappa shape index (κ2) is 8.88. The number of esters is 1. The van der Waals surface area contributed by atoms with Crippen LogP contribution in [-0.4, -0.2) is 46.2 Å². The summed E-state index contributed by atoms with van der Waals surface area (Å²) >= 11 is 0. The van der Waals surface area contributed by atoms with Gasteiger partial charge in [-0.05, 0) is 42.5 Å². The number of carbonyl (C=O) groups is 1. The summed E-state index contributed by atoms with van der Waals surface area (Å²) in [5.74, 6) is -0.360. The van der Waals surface area contributed by atoms with Gasteiger partial charge < -0.3 is 9.84 Å². The van der Waals surface area contributed by atoms with Crippen molar-refractivity contribution in [1.82, 2.24) is 14.9 Å². The van der Waals surface area contributed by atoms with Crippen LogP contribution in [0, 0.1) is 6.92 Å². The molecule has 1 aliphatic rings. The van der Waals surface area contributed by atoms with Gasteiger partial charge in [0.05, 0.1) is 25.1 Å². The zero-order chi connectivity index (χ0) is 19.2. The smallest absolute Gasteiger partial charge is 0.330 e. The Labute approximate surface area is 159 Å². The Hall–Kier alpha value is -2.57. The summed E-state index contributed by atoms with van der Waals surface area (Å²) in [6.45, 7) is 3.26. The molecule has 3 rings (SSSR count). The van der Waals surface area contributed by atoms with Gasteiger partial charge in [-0.1, -0.05) is 18.2 Å². The molecule has 0 aliphatic heterocycles. The molecule has 1 aromatic carbocycles. The van der Waals surface area contributed by atoms with Gasteiger partial charge >= 0.3 is 5.97 Å². The minimum Gasteiger partial charge on any atom is -0.466 e. The number of hydrogen-bond acceptors (Lipinski definition) is 6. The molecule has 142 valence electrons. The van der Waals surface area contributed by atoms with E-state index in [4.69, 9.17) is 0 Å². The van der Waals surface area contributed by atoms with E-state index in [1.807, 2.05) is 13.0 Å². The number of aliphatic hydroxyl groups is 1. The van der Waals surface area contributed by atoms with Gasteiger partial charge in [0.25, 0.3) is 0 Å². The fourth-order valence-electron chi connectivity index (χ4n) is 3.51. The van der Waals surface area contributed by atoms with Gasteiger partial charge in [-0.2, -0.15) is 0 Å². The normalized spacial score (nSPS) is 16.1. The lowest BCUT2D eigenvalue weighted by Crippen LogP contribution is -2.30. The lowest BCUT2D eigenvalue weighted by molar-refractivity contribution is -0.134. The fourth-order valence-corrected chi connectivity index (χ4v) is 3.51. The van der Waals surface area contributed by atoms with Crippen molar-refractivity contribution in [2.24, 2.45) is 0 Å². The Balaban J connectivity index is 1.78. The zero-order valence-corrected chi connectivity index (χ0v) is 15.8. The van der Waals surface area contributed by atoms with Crippen molar-refractivity contribution in [3.05, 3.63) is 64.7 Å². The van der Waals surface area contributed by atoms with Crippen LogP contribution in [0.2, 0.25) is 0 Å². The number of methoxy groups -OCH3 is 1. The highest BCUT2D eigenvalue weighted by Crippen LogP contribution is 2.37. The molecule has 1 N–H and O–H groups in total. The molecule has 0 spiro atoms. The van der Waals surface area contributed by atoms with E-state index < -0.39 is 0 Å². The SMILES string of the molecule is COC(=O)/C=C/c1ccc2c(c1)CCC2N(CCO)Cc1cnc(C)cn1. The van der Waals surface area contributed by atoms with E-state index >= 15 is 0 Å². The summed E-state index contributed by atoms with van der Waals surface area (Å²) in [6, 6.07) is 6.50. The number of fused-ring (bicyclic) bond motifs is 1. The summed E-state index contributed by atoms with van der Waals surface area (Å²) in [6.07, 6.45) is 8.75. The molecule has 0 radical (unpaired) electrons. The Morgan fingerprint density at radius 2 is 2.22 bits per heavy atom. The molecule has 0 amide bonds. The first kappa shape index (κ1) is 19.2. The van der Waals surface area contributed by atoms with Crippen molar-refractivity contribution in [3.8, 4) is 0 Å². The van der Waals surface area contributed by atoms with Gasteiger partial charge in [-0.25, -0.2) is 4.79 Å². The van der Waals surface area contributed by atoms with Crippen LogP contribution < -0.4 is 0 Å². The lowest BCUT2D eigenvalue weighted by Gasteiger charge is -2.28. The van der Waals surface area contributed by atoms with Gasteiger partial charge in [-0.3, -0.25) is 14.9 Å². The van der Waals surface area contributed by atoms with Crippen molar-refractivity contribution in [3.63, 3.8) is 0 Å². The lowest BCUT2D eigenvalue weighted by atomic mass is 10.0. The molecule has 6 heteroatoms. The van der Waals surface area contributed by atoms with Crippen molar-refractivity contribution >= 4 is 12.0 Å². The molecule has 6 nitrogen and oxygen atoms in total. The van der Waals surface area contributed by atoms with Crippen LogP contribution in [-0.2, 0) is 22.5 Å². The molecule has 1 atom stereocenters. The zero-order valence-electron chi connectivity index (χ0n) is 15.8. The highest BCUT2D eigenvalue weighted by molar-refractivity contribution is 5.86. The van der Waals surface area contributed by atoms with E-state index in [0.29, 0.717) is 13.1 Å². The molecule has 0 bridgehead atoms. The van der Waals surface area contributed by atoms with Crippen LogP contribution in [0.1, 0.15) is 40.5 Å². The molecular formula is C21H25N3O3. The minimum absolute atomic E-state index is 0.102. The number of aryl methyl sites for hydroxylation is 2. The van der Waals surface area contributed by atoms with Crippen LogP contribution in [0.15, 0.2) is 36.7 Å². The fraction of sp³-hybridized carbons (Fsp3) is 0.381. The maximum atomic E-state index is 11.3. The van der Waals surface area contributed by atoms with Gasteiger partial charge in [0.1, 0.15) is 0 Å². The molecule has 0 saturated heterocycles. The number of rotatable bonds is 7. The Bertz CT molecular complexity index is 818. The third kappa shape index (κ3) is 4.78. The van der Waals surface area contributed by atoms with Crippen LogP contribution in [0.5, 0.6) is 0 Å². The molecule has 1 aromatic heterocycles. The number of aliphatic hydroxyl groups excluding tert-OH is 1. The Morgan fingerprint density at radius 3 is 2.93 bits per heavy atom. The minimum atomic E-state index is -0.360. The van der Waals surface area contributed by atoms with Crippen molar-refractivity contribution in [2.75, 3.05) is 20.3 Å².